The average molecular weight is 522 g/mol. The van der Waals surface area contributed by atoms with Crippen LogP contribution in [-0.2, 0) is 0 Å². The quantitative estimate of drug-likeness (QED) is 0.311. The third-order valence-corrected chi connectivity index (χ3v) is 6.81. The molecule has 2 amide bonds. The molecule has 0 spiro atoms. The Morgan fingerprint density at radius 1 is 0.816 bits per heavy atom. The normalized spacial score (nSPS) is 13.9. The maximum absolute atomic E-state index is 13.4. The minimum atomic E-state index is -0.345. The zero-order valence-electron chi connectivity index (χ0n) is 22.3. The highest BCUT2D eigenvalue weighted by atomic mass is 19.1. The summed E-state index contributed by atoms with van der Waals surface area (Å²) in [5.74, 6) is 3.09. The first-order valence-corrected chi connectivity index (χ1v) is 13.1. The molecule has 0 aliphatic carbocycles. The Balaban J connectivity index is 1.46. The summed E-state index contributed by atoms with van der Waals surface area (Å²) in [6.07, 6.45) is 2.35. The molecule has 1 N–H and O–H groups in total. The van der Waals surface area contributed by atoms with Gasteiger partial charge in [-0.15, -0.1) is 0 Å². The van der Waals surface area contributed by atoms with Crippen LogP contribution in [0.15, 0.2) is 66.7 Å². The van der Waals surface area contributed by atoms with E-state index in [9.17, 15) is 9.18 Å². The van der Waals surface area contributed by atoms with Crippen LogP contribution in [0.2, 0.25) is 0 Å². The van der Waals surface area contributed by atoms with Crippen LogP contribution in [0.4, 0.5) is 14.9 Å². The van der Waals surface area contributed by atoms with E-state index in [-0.39, 0.29) is 11.8 Å². The van der Waals surface area contributed by atoms with Gasteiger partial charge < -0.3 is 24.4 Å². The lowest BCUT2D eigenvalue weighted by Gasteiger charge is -2.36. The molecule has 0 saturated carbocycles. The van der Waals surface area contributed by atoms with Crippen LogP contribution in [0.25, 0.3) is 0 Å². The van der Waals surface area contributed by atoms with Gasteiger partial charge in [-0.2, -0.15) is 0 Å². The van der Waals surface area contributed by atoms with Gasteiger partial charge >= 0.3 is 6.03 Å². The smallest absolute Gasteiger partial charge is 0.321 e. The van der Waals surface area contributed by atoms with E-state index in [0.717, 1.165) is 25.4 Å². The van der Waals surface area contributed by atoms with Crippen molar-refractivity contribution in [3.63, 3.8) is 0 Å². The van der Waals surface area contributed by atoms with Crippen LogP contribution < -0.4 is 19.5 Å². The first kappa shape index (κ1) is 27.3. The van der Waals surface area contributed by atoms with Crippen LogP contribution in [0.3, 0.4) is 0 Å². The number of ether oxygens (including phenoxy) is 3. The highest BCUT2D eigenvalue weighted by molar-refractivity contribution is 5.90. The molecule has 1 aliphatic heterocycles. The molecule has 4 rings (SSSR count). The van der Waals surface area contributed by atoms with E-state index in [1.54, 1.807) is 61.7 Å². The van der Waals surface area contributed by atoms with E-state index in [1.807, 2.05) is 4.90 Å². The van der Waals surface area contributed by atoms with Crippen LogP contribution in [0, 0.1) is 11.7 Å². The van der Waals surface area contributed by atoms with Crippen LogP contribution in [0.5, 0.6) is 28.7 Å². The van der Waals surface area contributed by atoms with E-state index in [4.69, 9.17) is 14.2 Å². The molecule has 1 fully saturated rings. The molecule has 0 aromatic heterocycles. The lowest BCUT2D eigenvalue weighted by molar-refractivity contribution is 0.132. The molecule has 1 saturated heterocycles. The lowest BCUT2D eigenvalue weighted by atomic mass is 10.0. The van der Waals surface area contributed by atoms with Gasteiger partial charge in [-0.25, -0.2) is 9.18 Å². The second-order valence-electron chi connectivity index (χ2n) is 9.43. The van der Waals surface area contributed by atoms with E-state index in [2.05, 4.69) is 24.1 Å². The zero-order valence-corrected chi connectivity index (χ0v) is 22.3. The topological polar surface area (TPSA) is 63.3 Å². The van der Waals surface area contributed by atoms with Crippen molar-refractivity contribution in [3.05, 3.63) is 72.5 Å². The summed E-state index contributed by atoms with van der Waals surface area (Å²) in [6, 6.07) is 18.0. The van der Waals surface area contributed by atoms with Crippen molar-refractivity contribution < 1.29 is 23.4 Å². The number of halogens is 1. The molecule has 1 aliphatic rings. The fraction of sp³-hybridized carbons (Fsp3) is 0.367. The second-order valence-corrected chi connectivity index (χ2v) is 9.43. The number of methoxy groups -OCH3 is 1. The second kappa shape index (κ2) is 13.1. The number of anilines is 1. The van der Waals surface area contributed by atoms with Crippen LogP contribution in [0.1, 0.15) is 26.7 Å². The number of hydrogen-bond donors (Lipinski definition) is 1. The summed E-state index contributed by atoms with van der Waals surface area (Å²) >= 11 is 0. The zero-order chi connectivity index (χ0) is 26.9. The number of carbonyl (C=O) groups is 1. The monoisotopic (exact) mass is 521 g/mol. The number of benzene rings is 3. The molecule has 0 radical (unpaired) electrons. The molecular weight excluding hydrogens is 485 g/mol. The molecule has 7 nitrogen and oxygen atoms in total. The third-order valence-electron chi connectivity index (χ3n) is 6.81. The van der Waals surface area contributed by atoms with Crippen molar-refractivity contribution in [2.45, 2.75) is 26.7 Å². The summed E-state index contributed by atoms with van der Waals surface area (Å²) in [5.41, 5.74) is 0.539. The van der Waals surface area contributed by atoms with Gasteiger partial charge in [-0.1, -0.05) is 26.7 Å². The van der Waals surface area contributed by atoms with Gasteiger partial charge in [-0.3, -0.25) is 4.90 Å². The summed E-state index contributed by atoms with van der Waals surface area (Å²) in [5, 5.41) is 3.00. The van der Waals surface area contributed by atoms with Crippen molar-refractivity contribution in [3.8, 4) is 28.7 Å². The van der Waals surface area contributed by atoms with Crippen molar-refractivity contribution in [1.29, 1.82) is 0 Å². The molecule has 202 valence electrons. The molecule has 3 aromatic rings. The first-order valence-electron chi connectivity index (χ1n) is 13.1. The minimum Gasteiger partial charge on any atom is -0.497 e. The summed E-state index contributed by atoms with van der Waals surface area (Å²) in [7, 11) is 1.61. The minimum absolute atomic E-state index is 0.165. The Morgan fingerprint density at radius 2 is 1.34 bits per heavy atom. The van der Waals surface area contributed by atoms with Gasteiger partial charge in [0.2, 0.25) is 0 Å². The first-order chi connectivity index (χ1) is 18.4. The molecule has 3 aromatic carbocycles. The number of nitrogens with zero attached hydrogens (tertiary/aromatic N) is 2. The SMILES string of the molecule is CCC(CC)CN1CCN(C(=O)Nc2cc(Oc3ccc(F)cc3)cc(Oc3ccc(OC)cc3)c2)CC1. The summed E-state index contributed by atoms with van der Waals surface area (Å²) in [6.45, 7) is 8.63. The van der Waals surface area contributed by atoms with Crippen LogP contribution >= 0.6 is 0 Å². The maximum atomic E-state index is 13.4. The number of amides is 2. The molecule has 0 unspecified atom stereocenters. The Morgan fingerprint density at radius 3 is 1.87 bits per heavy atom. The Labute approximate surface area is 224 Å². The fourth-order valence-electron chi connectivity index (χ4n) is 4.43. The molecule has 0 bridgehead atoms. The summed E-state index contributed by atoms with van der Waals surface area (Å²) < 4.78 is 30.6. The van der Waals surface area contributed by atoms with Gasteiger partial charge in [0, 0.05) is 56.6 Å². The van der Waals surface area contributed by atoms with Crippen molar-refractivity contribution in [2.24, 2.45) is 5.92 Å². The Hall–Kier alpha value is -3.78. The summed E-state index contributed by atoms with van der Waals surface area (Å²) in [4.78, 5) is 17.4. The molecule has 1 heterocycles. The predicted octanol–water partition coefficient (Wildman–Crippen LogP) is 7.00. The number of carbonyl (C=O) groups excluding carboxylic acids is 1. The van der Waals surface area contributed by atoms with Gasteiger partial charge in [0.25, 0.3) is 0 Å². The van der Waals surface area contributed by atoms with Gasteiger partial charge in [0.15, 0.2) is 0 Å². The number of rotatable bonds is 10. The number of piperazine rings is 1. The van der Waals surface area contributed by atoms with E-state index in [0.29, 0.717) is 47.7 Å². The van der Waals surface area contributed by atoms with Gasteiger partial charge in [0.05, 0.1) is 7.11 Å². The lowest BCUT2D eigenvalue weighted by Crippen LogP contribution is -2.50. The third kappa shape index (κ3) is 7.61. The predicted molar refractivity (Wildman–Crippen MR) is 147 cm³/mol. The molecule has 38 heavy (non-hydrogen) atoms. The highest BCUT2D eigenvalue weighted by Crippen LogP contribution is 2.33. The molecular formula is C30H36FN3O4. The van der Waals surface area contributed by atoms with Crippen molar-refractivity contribution >= 4 is 11.7 Å². The standard InChI is InChI=1S/C30H36FN3O4/c1-4-22(5-2)21-33-14-16-34(17-15-33)30(35)32-24-18-28(37-26-8-6-23(31)7-9-26)20-29(19-24)38-27-12-10-25(36-3)11-13-27/h6-13,18-20,22H,4-5,14-17,21H2,1-3H3,(H,32,35). The van der Waals surface area contributed by atoms with Crippen molar-refractivity contribution in [2.75, 3.05) is 45.2 Å². The maximum Gasteiger partial charge on any atom is 0.321 e. The highest BCUT2D eigenvalue weighted by Gasteiger charge is 2.23. The average Bonchev–Trinajstić information content (AvgIpc) is 2.93. The van der Waals surface area contributed by atoms with Gasteiger partial charge in [0.1, 0.15) is 34.6 Å². The number of urea groups is 1. The van der Waals surface area contributed by atoms with E-state index >= 15 is 0 Å². The van der Waals surface area contributed by atoms with Crippen molar-refractivity contribution in [1.82, 2.24) is 9.80 Å². The molecule has 8 heteroatoms. The van der Waals surface area contributed by atoms with E-state index < -0.39 is 0 Å². The Bertz CT molecular complexity index is 1180. The number of nitrogens with one attached hydrogen (secondary N) is 1. The largest absolute Gasteiger partial charge is 0.497 e. The molecule has 0 atom stereocenters. The van der Waals surface area contributed by atoms with Gasteiger partial charge in [-0.05, 0) is 54.4 Å². The fourth-order valence-corrected chi connectivity index (χ4v) is 4.43. The van der Waals surface area contributed by atoms with E-state index in [1.165, 1.54) is 25.0 Å². The Kier molecular flexibility index (Phi) is 9.43. The van der Waals surface area contributed by atoms with Crippen LogP contribution in [-0.4, -0.2) is 55.7 Å². The number of hydrogen-bond acceptors (Lipinski definition) is 5.